The van der Waals surface area contributed by atoms with Crippen LogP contribution in [0.3, 0.4) is 0 Å². The highest BCUT2D eigenvalue weighted by molar-refractivity contribution is 4.91. The van der Waals surface area contributed by atoms with Crippen molar-refractivity contribution in [3.05, 3.63) is 0 Å². The molecule has 2 atom stereocenters. The molecule has 1 saturated heterocycles. The van der Waals surface area contributed by atoms with Crippen LogP contribution in [0.1, 0.15) is 32.6 Å². The van der Waals surface area contributed by atoms with Gasteiger partial charge in [-0.3, -0.25) is 0 Å². The molecule has 2 unspecified atom stereocenters. The highest BCUT2D eigenvalue weighted by Crippen LogP contribution is 2.05. The predicted octanol–water partition coefficient (Wildman–Crippen LogP) is 1.13. The quantitative estimate of drug-likeness (QED) is 0.634. The highest BCUT2D eigenvalue weighted by atomic mass is 15.0. The van der Waals surface area contributed by atoms with Crippen LogP contribution in [-0.2, 0) is 0 Å². The van der Waals surface area contributed by atoms with Gasteiger partial charge in [0.15, 0.2) is 0 Å². The summed E-state index contributed by atoms with van der Waals surface area (Å²) in [6, 6.07) is 1.14. The number of terminal acetylenes is 1. The Kier molecular flexibility index (Phi) is 4.88. The van der Waals surface area contributed by atoms with E-state index in [0.717, 1.165) is 19.4 Å². The van der Waals surface area contributed by atoms with Gasteiger partial charge in [0.05, 0.1) is 0 Å². The van der Waals surface area contributed by atoms with Gasteiger partial charge in [0.25, 0.3) is 0 Å². The molecule has 0 aromatic heterocycles. The first-order chi connectivity index (χ1) is 6.36. The lowest BCUT2D eigenvalue weighted by molar-refractivity contribution is 0.347. The summed E-state index contributed by atoms with van der Waals surface area (Å²) in [6.07, 6.45) is 9.85. The lowest BCUT2D eigenvalue weighted by atomic mass is 10.0. The Balaban J connectivity index is 2.23. The average molecular weight is 180 g/mol. The molecule has 2 nitrogen and oxygen atoms in total. The molecule has 74 valence electrons. The summed E-state index contributed by atoms with van der Waals surface area (Å²) in [5.74, 6) is 2.73. The number of rotatable bonds is 4. The zero-order valence-electron chi connectivity index (χ0n) is 8.47. The smallest absolute Gasteiger partial charge is 0.0240 e. The molecule has 0 aromatic carbocycles. The van der Waals surface area contributed by atoms with E-state index in [9.17, 15) is 0 Å². The van der Waals surface area contributed by atoms with E-state index in [1.54, 1.807) is 0 Å². The van der Waals surface area contributed by atoms with E-state index >= 15 is 0 Å². The Bertz CT molecular complexity index is 165. The molecule has 1 aliphatic rings. The minimum atomic E-state index is 0.509. The van der Waals surface area contributed by atoms with Gasteiger partial charge in [-0.1, -0.05) is 6.92 Å². The van der Waals surface area contributed by atoms with Crippen LogP contribution < -0.4 is 10.6 Å². The van der Waals surface area contributed by atoms with E-state index in [1.165, 1.54) is 19.4 Å². The lowest BCUT2D eigenvalue weighted by Crippen LogP contribution is -2.47. The molecule has 2 N–H and O–H groups in total. The Morgan fingerprint density at radius 1 is 1.69 bits per heavy atom. The average Bonchev–Trinajstić information content (AvgIpc) is 2.19. The molecule has 0 amide bonds. The molecule has 1 fully saturated rings. The minimum Gasteiger partial charge on any atom is -0.315 e. The van der Waals surface area contributed by atoms with E-state index in [4.69, 9.17) is 6.42 Å². The second kappa shape index (κ2) is 6.01. The van der Waals surface area contributed by atoms with Gasteiger partial charge in [-0.05, 0) is 25.8 Å². The molecular weight excluding hydrogens is 160 g/mol. The fraction of sp³-hybridized carbons (Fsp3) is 0.818. The number of hydrogen-bond donors (Lipinski definition) is 2. The zero-order valence-corrected chi connectivity index (χ0v) is 8.47. The topological polar surface area (TPSA) is 24.1 Å². The van der Waals surface area contributed by atoms with Crippen LogP contribution in [0.25, 0.3) is 0 Å². The number of hydrogen-bond acceptors (Lipinski definition) is 2. The molecule has 13 heavy (non-hydrogen) atoms. The van der Waals surface area contributed by atoms with Crippen LogP contribution in [0, 0.1) is 12.3 Å². The summed E-state index contributed by atoms with van der Waals surface area (Å²) >= 11 is 0. The largest absolute Gasteiger partial charge is 0.315 e. The van der Waals surface area contributed by atoms with Gasteiger partial charge >= 0.3 is 0 Å². The molecule has 0 bridgehead atoms. The van der Waals surface area contributed by atoms with Crippen molar-refractivity contribution >= 4 is 0 Å². The summed E-state index contributed by atoms with van der Waals surface area (Å²) in [6.45, 7) is 4.45. The fourth-order valence-corrected chi connectivity index (χ4v) is 1.79. The second-order valence-corrected chi connectivity index (χ2v) is 3.72. The molecule has 0 aromatic rings. The minimum absolute atomic E-state index is 0.509. The van der Waals surface area contributed by atoms with Gasteiger partial charge in [0.1, 0.15) is 0 Å². The zero-order chi connectivity index (χ0) is 9.52. The Morgan fingerprint density at radius 3 is 3.08 bits per heavy atom. The summed E-state index contributed by atoms with van der Waals surface area (Å²) in [5.41, 5.74) is 0. The Hall–Kier alpha value is -0.520. The SMILES string of the molecule is C#CCC(CC)NC1CCCNC1. The van der Waals surface area contributed by atoms with E-state index in [-0.39, 0.29) is 0 Å². The van der Waals surface area contributed by atoms with Gasteiger partial charge in [0.2, 0.25) is 0 Å². The van der Waals surface area contributed by atoms with Crippen molar-refractivity contribution < 1.29 is 0 Å². The van der Waals surface area contributed by atoms with Crippen LogP contribution in [0.2, 0.25) is 0 Å². The summed E-state index contributed by atoms with van der Waals surface area (Å²) in [5, 5.41) is 6.99. The van der Waals surface area contributed by atoms with Crippen molar-refractivity contribution in [2.75, 3.05) is 13.1 Å². The van der Waals surface area contributed by atoms with Gasteiger partial charge in [-0.15, -0.1) is 12.3 Å². The van der Waals surface area contributed by atoms with E-state index in [1.807, 2.05) is 0 Å². The van der Waals surface area contributed by atoms with Crippen molar-refractivity contribution in [1.82, 2.24) is 10.6 Å². The van der Waals surface area contributed by atoms with Crippen LogP contribution in [0.15, 0.2) is 0 Å². The predicted molar refractivity (Wildman–Crippen MR) is 56.6 cm³/mol. The standard InChI is InChI=1S/C11H20N2/c1-3-6-10(4-2)13-11-7-5-8-12-9-11/h1,10-13H,4-9H2,2H3. The highest BCUT2D eigenvalue weighted by Gasteiger charge is 2.15. The Morgan fingerprint density at radius 2 is 2.54 bits per heavy atom. The van der Waals surface area contributed by atoms with Crippen molar-refractivity contribution in [2.45, 2.75) is 44.7 Å². The van der Waals surface area contributed by atoms with Crippen LogP contribution in [0.5, 0.6) is 0 Å². The maximum absolute atomic E-state index is 5.30. The summed E-state index contributed by atoms with van der Waals surface area (Å²) in [7, 11) is 0. The third-order valence-corrected chi connectivity index (χ3v) is 2.63. The maximum Gasteiger partial charge on any atom is 0.0240 e. The van der Waals surface area contributed by atoms with Crippen LogP contribution in [-0.4, -0.2) is 25.2 Å². The molecule has 2 heteroatoms. The third-order valence-electron chi connectivity index (χ3n) is 2.63. The molecule has 1 aliphatic heterocycles. The number of piperidine rings is 1. The second-order valence-electron chi connectivity index (χ2n) is 3.72. The first-order valence-corrected chi connectivity index (χ1v) is 5.27. The van der Waals surface area contributed by atoms with Gasteiger partial charge in [-0.25, -0.2) is 0 Å². The molecule has 0 radical (unpaired) electrons. The van der Waals surface area contributed by atoms with E-state index in [2.05, 4.69) is 23.5 Å². The first kappa shape index (κ1) is 10.6. The van der Waals surface area contributed by atoms with Crippen LogP contribution >= 0.6 is 0 Å². The van der Waals surface area contributed by atoms with Crippen molar-refractivity contribution in [3.8, 4) is 12.3 Å². The molecule has 1 heterocycles. The number of nitrogens with one attached hydrogen (secondary N) is 2. The van der Waals surface area contributed by atoms with Crippen molar-refractivity contribution in [3.63, 3.8) is 0 Å². The normalized spacial score (nSPS) is 25.1. The van der Waals surface area contributed by atoms with E-state index < -0.39 is 0 Å². The van der Waals surface area contributed by atoms with Gasteiger partial charge in [-0.2, -0.15) is 0 Å². The first-order valence-electron chi connectivity index (χ1n) is 5.27. The van der Waals surface area contributed by atoms with E-state index in [0.29, 0.717) is 12.1 Å². The monoisotopic (exact) mass is 180 g/mol. The van der Waals surface area contributed by atoms with Crippen molar-refractivity contribution in [2.24, 2.45) is 0 Å². The molecular formula is C11H20N2. The summed E-state index contributed by atoms with van der Waals surface area (Å²) < 4.78 is 0. The Labute approximate surface area is 81.5 Å². The molecule has 1 rings (SSSR count). The van der Waals surface area contributed by atoms with Gasteiger partial charge < -0.3 is 10.6 Å². The molecule has 0 saturated carbocycles. The fourth-order valence-electron chi connectivity index (χ4n) is 1.79. The summed E-state index contributed by atoms with van der Waals surface area (Å²) in [4.78, 5) is 0. The maximum atomic E-state index is 5.30. The lowest BCUT2D eigenvalue weighted by Gasteiger charge is -2.27. The van der Waals surface area contributed by atoms with Crippen molar-refractivity contribution in [1.29, 1.82) is 0 Å². The molecule has 0 spiro atoms. The van der Waals surface area contributed by atoms with Gasteiger partial charge in [0, 0.05) is 25.0 Å². The third kappa shape index (κ3) is 3.80. The molecule has 0 aliphatic carbocycles. The van der Waals surface area contributed by atoms with Crippen LogP contribution in [0.4, 0.5) is 0 Å².